The predicted molar refractivity (Wildman–Crippen MR) is 73.5 cm³/mol. The number of benzene rings is 1. The SMILES string of the molecule is CC(C)C1NC(Cc2ccccc2)C(=O)N1CC(F)(F)F. The number of alkyl halides is 3. The third-order valence-electron chi connectivity index (χ3n) is 3.55. The number of nitrogens with one attached hydrogen (secondary N) is 1. The van der Waals surface area contributed by atoms with Gasteiger partial charge in [-0.15, -0.1) is 0 Å². The molecule has 1 aliphatic rings. The zero-order valence-corrected chi connectivity index (χ0v) is 12.0. The molecule has 2 atom stereocenters. The number of halogens is 3. The standard InChI is InChI=1S/C15H19F3N2O/c1-10(2)13-19-12(8-11-6-4-3-5-7-11)14(21)20(13)9-15(16,17)18/h3-7,10,12-13,19H,8-9H2,1-2H3. The van der Waals surface area contributed by atoms with Crippen molar-refractivity contribution in [2.24, 2.45) is 5.92 Å². The molecule has 2 unspecified atom stereocenters. The molecular weight excluding hydrogens is 281 g/mol. The van der Waals surface area contributed by atoms with Gasteiger partial charge in [0.05, 0.1) is 12.2 Å². The van der Waals surface area contributed by atoms with Gasteiger partial charge in [0.15, 0.2) is 0 Å². The molecule has 1 N–H and O–H groups in total. The van der Waals surface area contributed by atoms with E-state index in [4.69, 9.17) is 0 Å². The molecule has 1 fully saturated rings. The van der Waals surface area contributed by atoms with E-state index in [9.17, 15) is 18.0 Å². The van der Waals surface area contributed by atoms with Gasteiger partial charge in [0, 0.05) is 0 Å². The van der Waals surface area contributed by atoms with E-state index in [1.54, 1.807) is 13.8 Å². The van der Waals surface area contributed by atoms with Crippen LogP contribution in [-0.2, 0) is 11.2 Å². The predicted octanol–water partition coefficient (Wildman–Crippen LogP) is 2.57. The minimum absolute atomic E-state index is 0.0860. The van der Waals surface area contributed by atoms with Crippen LogP contribution < -0.4 is 5.32 Å². The van der Waals surface area contributed by atoms with Crippen LogP contribution in [-0.4, -0.2) is 35.7 Å². The highest BCUT2D eigenvalue weighted by molar-refractivity contribution is 5.84. The number of rotatable bonds is 4. The lowest BCUT2D eigenvalue weighted by Gasteiger charge is -2.27. The summed E-state index contributed by atoms with van der Waals surface area (Å²) < 4.78 is 37.9. The molecule has 1 amide bonds. The summed E-state index contributed by atoms with van der Waals surface area (Å²) in [4.78, 5) is 13.2. The fourth-order valence-electron chi connectivity index (χ4n) is 2.62. The summed E-state index contributed by atoms with van der Waals surface area (Å²) in [5.41, 5.74) is 0.930. The minimum Gasteiger partial charge on any atom is -0.316 e. The topological polar surface area (TPSA) is 32.3 Å². The Balaban J connectivity index is 2.13. The first-order valence-electron chi connectivity index (χ1n) is 6.95. The van der Waals surface area contributed by atoms with Crippen LogP contribution in [0, 0.1) is 5.92 Å². The second-order valence-electron chi connectivity index (χ2n) is 5.68. The number of amides is 1. The second-order valence-corrected chi connectivity index (χ2v) is 5.68. The molecule has 0 saturated carbocycles. The molecule has 116 valence electrons. The zero-order valence-electron chi connectivity index (χ0n) is 12.0. The number of carbonyl (C=O) groups excluding carboxylic acids is 1. The highest BCUT2D eigenvalue weighted by atomic mass is 19.4. The fourth-order valence-corrected chi connectivity index (χ4v) is 2.62. The van der Waals surface area contributed by atoms with Crippen LogP contribution in [0.2, 0.25) is 0 Å². The zero-order chi connectivity index (χ0) is 15.6. The normalized spacial score (nSPS) is 23.1. The van der Waals surface area contributed by atoms with Crippen LogP contribution in [0.5, 0.6) is 0 Å². The van der Waals surface area contributed by atoms with E-state index in [1.165, 1.54) is 0 Å². The Morgan fingerprint density at radius 3 is 2.38 bits per heavy atom. The highest BCUT2D eigenvalue weighted by Gasteiger charge is 2.45. The average molecular weight is 300 g/mol. The van der Waals surface area contributed by atoms with E-state index in [0.717, 1.165) is 10.5 Å². The first kappa shape index (κ1) is 15.8. The summed E-state index contributed by atoms with van der Waals surface area (Å²) in [7, 11) is 0. The molecule has 1 aromatic carbocycles. The molecule has 1 heterocycles. The molecular formula is C15H19F3N2O. The molecule has 0 bridgehead atoms. The second kappa shape index (κ2) is 6.05. The Morgan fingerprint density at radius 1 is 1.24 bits per heavy atom. The third kappa shape index (κ3) is 3.97. The van der Waals surface area contributed by atoms with Gasteiger partial charge < -0.3 is 4.90 Å². The van der Waals surface area contributed by atoms with Gasteiger partial charge in [-0.25, -0.2) is 0 Å². The maximum atomic E-state index is 12.6. The van der Waals surface area contributed by atoms with Gasteiger partial charge in [-0.2, -0.15) is 13.2 Å². The summed E-state index contributed by atoms with van der Waals surface area (Å²) in [5.74, 6) is -0.563. The summed E-state index contributed by atoms with van der Waals surface area (Å²) in [6.07, 6.45) is -4.56. The lowest BCUT2D eigenvalue weighted by Crippen LogP contribution is -2.45. The van der Waals surface area contributed by atoms with Crippen molar-refractivity contribution < 1.29 is 18.0 Å². The van der Waals surface area contributed by atoms with Crippen LogP contribution >= 0.6 is 0 Å². The Hall–Kier alpha value is -1.56. The molecule has 1 aromatic rings. The lowest BCUT2D eigenvalue weighted by molar-refractivity contribution is -0.162. The quantitative estimate of drug-likeness (QED) is 0.927. The summed E-state index contributed by atoms with van der Waals surface area (Å²) in [6, 6.07) is 8.70. The third-order valence-corrected chi connectivity index (χ3v) is 3.55. The number of carbonyl (C=O) groups is 1. The van der Waals surface area contributed by atoms with Crippen molar-refractivity contribution in [1.82, 2.24) is 10.2 Å². The van der Waals surface area contributed by atoms with Gasteiger partial charge in [0.2, 0.25) is 5.91 Å². The lowest BCUT2D eigenvalue weighted by atomic mass is 10.1. The molecule has 3 nitrogen and oxygen atoms in total. The van der Waals surface area contributed by atoms with Crippen LogP contribution in [0.3, 0.4) is 0 Å². The summed E-state index contributed by atoms with van der Waals surface area (Å²) in [6.45, 7) is 2.41. The van der Waals surface area contributed by atoms with Gasteiger partial charge in [-0.1, -0.05) is 44.2 Å². The number of hydrogen-bond donors (Lipinski definition) is 1. The molecule has 1 saturated heterocycles. The number of nitrogens with zero attached hydrogens (tertiary/aromatic N) is 1. The van der Waals surface area contributed by atoms with E-state index in [1.807, 2.05) is 30.3 Å². The van der Waals surface area contributed by atoms with Crippen molar-refractivity contribution in [3.8, 4) is 0 Å². The molecule has 1 aliphatic heterocycles. The average Bonchev–Trinajstić information content (AvgIpc) is 2.67. The van der Waals surface area contributed by atoms with Crippen molar-refractivity contribution >= 4 is 5.91 Å². The maximum absolute atomic E-state index is 12.6. The van der Waals surface area contributed by atoms with Gasteiger partial charge in [0.25, 0.3) is 0 Å². The Morgan fingerprint density at radius 2 is 1.86 bits per heavy atom. The van der Waals surface area contributed by atoms with Crippen molar-refractivity contribution in [2.45, 2.75) is 38.7 Å². The molecule has 0 aliphatic carbocycles. The van der Waals surface area contributed by atoms with Gasteiger partial charge >= 0.3 is 6.18 Å². The molecule has 21 heavy (non-hydrogen) atoms. The van der Waals surface area contributed by atoms with Crippen molar-refractivity contribution in [2.75, 3.05) is 6.54 Å². The van der Waals surface area contributed by atoms with Gasteiger partial charge in [0.1, 0.15) is 6.54 Å². The van der Waals surface area contributed by atoms with E-state index in [2.05, 4.69) is 5.32 Å². The smallest absolute Gasteiger partial charge is 0.316 e. The van der Waals surface area contributed by atoms with Crippen LogP contribution in [0.25, 0.3) is 0 Å². The summed E-state index contributed by atoms with van der Waals surface area (Å²) in [5, 5.41) is 3.04. The molecule has 2 rings (SSSR count). The summed E-state index contributed by atoms with van der Waals surface area (Å²) >= 11 is 0. The molecule has 0 radical (unpaired) electrons. The molecule has 0 aromatic heterocycles. The fraction of sp³-hybridized carbons (Fsp3) is 0.533. The number of hydrogen-bond acceptors (Lipinski definition) is 2. The van der Waals surface area contributed by atoms with Crippen LogP contribution in [0.1, 0.15) is 19.4 Å². The molecule has 6 heteroatoms. The van der Waals surface area contributed by atoms with Crippen molar-refractivity contribution in [3.05, 3.63) is 35.9 Å². The van der Waals surface area contributed by atoms with E-state index < -0.39 is 30.8 Å². The van der Waals surface area contributed by atoms with Crippen LogP contribution in [0.4, 0.5) is 13.2 Å². The monoisotopic (exact) mass is 300 g/mol. The van der Waals surface area contributed by atoms with Gasteiger partial charge in [-0.05, 0) is 17.9 Å². The highest BCUT2D eigenvalue weighted by Crippen LogP contribution is 2.25. The van der Waals surface area contributed by atoms with Gasteiger partial charge in [-0.3, -0.25) is 10.1 Å². The van der Waals surface area contributed by atoms with Crippen molar-refractivity contribution in [1.29, 1.82) is 0 Å². The van der Waals surface area contributed by atoms with E-state index >= 15 is 0 Å². The van der Waals surface area contributed by atoms with E-state index in [-0.39, 0.29) is 5.92 Å². The van der Waals surface area contributed by atoms with Crippen LogP contribution in [0.15, 0.2) is 30.3 Å². The molecule has 0 spiro atoms. The Bertz CT molecular complexity index is 487. The Labute approximate surface area is 122 Å². The minimum atomic E-state index is -4.38. The van der Waals surface area contributed by atoms with Crippen molar-refractivity contribution in [3.63, 3.8) is 0 Å². The maximum Gasteiger partial charge on any atom is 0.406 e. The first-order valence-corrected chi connectivity index (χ1v) is 6.95. The first-order chi connectivity index (χ1) is 9.78. The van der Waals surface area contributed by atoms with E-state index in [0.29, 0.717) is 6.42 Å². The Kier molecular flexibility index (Phi) is 4.56. The largest absolute Gasteiger partial charge is 0.406 e.